The van der Waals surface area contributed by atoms with E-state index in [2.05, 4.69) is 15.4 Å². The highest BCUT2D eigenvalue weighted by Crippen LogP contribution is 2.13. The van der Waals surface area contributed by atoms with Crippen molar-refractivity contribution in [1.29, 1.82) is 0 Å². The van der Waals surface area contributed by atoms with Gasteiger partial charge < -0.3 is 5.32 Å². The van der Waals surface area contributed by atoms with E-state index in [-0.39, 0.29) is 5.91 Å². The number of carbonyl (C=O) groups is 1. The Hall–Kier alpha value is -1.88. The van der Waals surface area contributed by atoms with Crippen LogP contribution in [-0.2, 0) is 13.6 Å². The largest absolute Gasteiger partial charge is 0.348 e. The molecule has 0 aromatic carbocycles. The molecule has 0 bridgehead atoms. The minimum atomic E-state index is -0.244. The molecular weight excluding hydrogens is 240 g/mol. The molecule has 88 valence electrons. The second-order valence-electron chi connectivity index (χ2n) is 3.56. The predicted molar refractivity (Wildman–Crippen MR) is 63.6 cm³/mol. The fourth-order valence-electron chi connectivity index (χ4n) is 1.39. The van der Waals surface area contributed by atoms with Crippen molar-refractivity contribution >= 4 is 17.5 Å². The average Bonchev–Trinajstić information content (AvgIpc) is 2.73. The number of halogens is 1. The third kappa shape index (κ3) is 2.82. The molecule has 0 saturated carbocycles. The number of carbonyl (C=O) groups excluding carboxylic acids is 1. The van der Waals surface area contributed by atoms with E-state index in [0.29, 0.717) is 17.1 Å². The second kappa shape index (κ2) is 4.97. The van der Waals surface area contributed by atoms with Crippen LogP contribution in [0.5, 0.6) is 0 Å². The van der Waals surface area contributed by atoms with Crippen LogP contribution in [0.4, 0.5) is 0 Å². The summed E-state index contributed by atoms with van der Waals surface area (Å²) >= 11 is 5.89. The van der Waals surface area contributed by atoms with Gasteiger partial charge >= 0.3 is 0 Å². The summed E-state index contributed by atoms with van der Waals surface area (Å²) in [7, 11) is 1.82. The van der Waals surface area contributed by atoms with Gasteiger partial charge in [0.05, 0.1) is 16.8 Å². The van der Waals surface area contributed by atoms with Crippen molar-refractivity contribution in [3.05, 3.63) is 47.0 Å². The number of aryl methyl sites for hydroxylation is 1. The molecule has 0 saturated heterocycles. The Morgan fingerprint density at radius 2 is 2.35 bits per heavy atom. The summed E-state index contributed by atoms with van der Waals surface area (Å²) in [4.78, 5) is 15.6. The van der Waals surface area contributed by atoms with Crippen LogP contribution in [0, 0.1) is 0 Å². The second-order valence-corrected chi connectivity index (χ2v) is 3.97. The van der Waals surface area contributed by atoms with Crippen LogP contribution in [-0.4, -0.2) is 20.7 Å². The van der Waals surface area contributed by atoms with Crippen molar-refractivity contribution in [1.82, 2.24) is 20.1 Å². The number of aromatic nitrogens is 3. The molecule has 0 spiro atoms. The topological polar surface area (TPSA) is 59.8 Å². The normalized spacial score (nSPS) is 10.2. The lowest BCUT2D eigenvalue weighted by Crippen LogP contribution is -2.23. The summed E-state index contributed by atoms with van der Waals surface area (Å²) in [6, 6.07) is 1.58. The maximum atomic E-state index is 11.8. The molecule has 5 nitrogen and oxygen atoms in total. The van der Waals surface area contributed by atoms with Crippen LogP contribution in [0.15, 0.2) is 30.9 Å². The number of hydrogen-bond donors (Lipinski definition) is 1. The van der Waals surface area contributed by atoms with Gasteiger partial charge in [0, 0.05) is 37.7 Å². The van der Waals surface area contributed by atoms with Gasteiger partial charge in [0.1, 0.15) is 0 Å². The number of nitrogens with zero attached hydrogens (tertiary/aromatic N) is 3. The Morgan fingerprint density at radius 1 is 1.53 bits per heavy atom. The highest BCUT2D eigenvalue weighted by molar-refractivity contribution is 6.33. The van der Waals surface area contributed by atoms with Crippen LogP contribution in [0.3, 0.4) is 0 Å². The average molecular weight is 251 g/mol. The van der Waals surface area contributed by atoms with Gasteiger partial charge in [0.2, 0.25) is 0 Å². The fraction of sp³-hybridized carbons (Fsp3) is 0.182. The Bertz CT molecular complexity index is 538. The van der Waals surface area contributed by atoms with Gasteiger partial charge in [-0.05, 0) is 6.07 Å². The summed E-state index contributed by atoms with van der Waals surface area (Å²) in [5, 5.41) is 7.16. The maximum Gasteiger partial charge on any atom is 0.254 e. The third-order valence-electron chi connectivity index (χ3n) is 2.22. The zero-order chi connectivity index (χ0) is 12.3. The van der Waals surface area contributed by atoms with Crippen molar-refractivity contribution in [2.24, 2.45) is 7.05 Å². The molecule has 0 aliphatic rings. The van der Waals surface area contributed by atoms with E-state index in [1.54, 1.807) is 23.1 Å². The fourth-order valence-corrected chi connectivity index (χ4v) is 1.58. The Kier molecular flexibility index (Phi) is 3.39. The van der Waals surface area contributed by atoms with Crippen molar-refractivity contribution in [2.45, 2.75) is 6.54 Å². The Balaban J connectivity index is 2.01. The molecule has 0 aliphatic carbocycles. The van der Waals surface area contributed by atoms with E-state index in [4.69, 9.17) is 11.6 Å². The lowest BCUT2D eigenvalue weighted by atomic mass is 10.2. The number of nitrogens with one attached hydrogen (secondary N) is 1. The lowest BCUT2D eigenvalue weighted by molar-refractivity contribution is 0.0950. The van der Waals surface area contributed by atoms with Gasteiger partial charge in [-0.25, -0.2) is 0 Å². The minimum absolute atomic E-state index is 0.244. The molecule has 6 heteroatoms. The third-order valence-corrected chi connectivity index (χ3v) is 2.55. The molecule has 0 aliphatic heterocycles. The zero-order valence-electron chi connectivity index (χ0n) is 9.22. The molecule has 0 radical (unpaired) electrons. The molecule has 0 atom stereocenters. The first-order chi connectivity index (χ1) is 8.16. The van der Waals surface area contributed by atoms with Crippen molar-refractivity contribution in [2.75, 3.05) is 0 Å². The van der Waals surface area contributed by atoms with Gasteiger partial charge in [-0.2, -0.15) is 5.10 Å². The van der Waals surface area contributed by atoms with Crippen LogP contribution >= 0.6 is 11.6 Å². The molecule has 0 unspecified atom stereocenters. The van der Waals surface area contributed by atoms with Gasteiger partial charge in [0.15, 0.2) is 0 Å². The summed E-state index contributed by atoms with van der Waals surface area (Å²) in [6.45, 7) is 0.415. The molecule has 1 amide bonds. The highest BCUT2D eigenvalue weighted by atomic mass is 35.5. The van der Waals surface area contributed by atoms with E-state index < -0.39 is 0 Å². The molecule has 1 N–H and O–H groups in total. The van der Waals surface area contributed by atoms with Crippen molar-refractivity contribution < 1.29 is 4.79 Å². The van der Waals surface area contributed by atoms with Crippen LogP contribution < -0.4 is 5.32 Å². The first kappa shape index (κ1) is 11.6. The maximum absolute atomic E-state index is 11.8. The molecule has 17 heavy (non-hydrogen) atoms. The van der Waals surface area contributed by atoms with Crippen molar-refractivity contribution in [3.8, 4) is 0 Å². The van der Waals surface area contributed by atoms with E-state index in [1.165, 1.54) is 6.20 Å². The number of pyridine rings is 1. The van der Waals surface area contributed by atoms with Crippen LogP contribution in [0.1, 0.15) is 15.9 Å². The SMILES string of the molecule is Cn1cc(CNC(=O)c2cnccc2Cl)cn1. The number of rotatable bonds is 3. The number of amides is 1. The minimum Gasteiger partial charge on any atom is -0.348 e. The lowest BCUT2D eigenvalue weighted by Gasteiger charge is -2.04. The van der Waals surface area contributed by atoms with E-state index in [1.807, 2.05) is 13.2 Å². The van der Waals surface area contributed by atoms with Crippen molar-refractivity contribution in [3.63, 3.8) is 0 Å². The summed E-state index contributed by atoms with van der Waals surface area (Å²) in [5.74, 6) is -0.244. The quantitative estimate of drug-likeness (QED) is 0.896. The first-order valence-electron chi connectivity index (χ1n) is 5.02. The summed E-state index contributed by atoms with van der Waals surface area (Å²) in [5.41, 5.74) is 1.30. The van der Waals surface area contributed by atoms with Gasteiger partial charge in [-0.1, -0.05) is 11.6 Å². The van der Waals surface area contributed by atoms with Crippen LogP contribution in [0.25, 0.3) is 0 Å². The molecular formula is C11H11ClN4O. The van der Waals surface area contributed by atoms with E-state index in [9.17, 15) is 4.79 Å². The summed E-state index contributed by atoms with van der Waals surface area (Å²) < 4.78 is 1.68. The van der Waals surface area contributed by atoms with Crippen LogP contribution in [0.2, 0.25) is 5.02 Å². The van der Waals surface area contributed by atoms with E-state index >= 15 is 0 Å². The number of hydrogen-bond acceptors (Lipinski definition) is 3. The monoisotopic (exact) mass is 250 g/mol. The Morgan fingerprint density at radius 3 is 3.00 bits per heavy atom. The zero-order valence-corrected chi connectivity index (χ0v) is 9.98. The smallest absolute Gasteiger partial charge is 0.254 e. The first-order valence-corrected chi connectivity index (χ1v) is 5.40. The molecule has 2 aromatic heterocycles. The standard InChI is InChI=1S/C11H11ClN4O/c1-16-7-8(5-15-16)4-14-11(17)9-6-13-3-2-10(9)12/h2-3,5-7H,4H2,1H3,(H,14,17). The molecule has 2 heterocycles. The molecule has 0 fully saturated rings. The van der Waals surface area contributed by atoms with Gasteiger partial charge in [-0.15, -0.1) is 0 Å². The predicted octanol–water partition coefficient (Wildman–Crippen LogP) is 1.40. The van der Waals surface area contributed by atoms with E-state index in [0.717, 1.165) is 5.56 Å². The molecule has 2 aromatic rings. The highest BCUT2D eigenvalue weighted by Gasteiger charge is 2.09. The van der Waals surface area contributed by atoms with Gasteiger partial charge in [-0.3, -0.25) is 14.5 Å². The summed E-state index contributed by atoms with van der Waals surface area (Å²) in [6.07, 6.45) is 6.53. The molecule has 2 rings (SSSR count). The van der Waals surface area contributed by atoms with Gasteiger partial charge in [0.25, 0.3) is 5.91 Å². The Labute approximate surface area is 103 Å².